The molecule has 2 bridgehead atoms. The molecule has 3 fully saturated rings. The Morgan fingerprint density at radius 2 is 2.00 bits per heavy atom. The second kappa shape index (κ2) is 11.2. The molecule has 3 aromatic heterocycles. The summed E-state index contributed by atoms with van der Waals surface area (Å²) in [5.41, 5.74) is 3.94. The van der Waals surface area contributed by atoms with Crippen LogP contribution in [0.4, 0.5) is 14.6 Å². The highest BCUT2D eigenvalue weighted by Crippen LogP contribution is 2.36. The molecule has 220 valence electrons. The van der Waals surface area contributed by atoms with Crippen molar-refractivity contribution in [2.45, 2.75) is 36.5 Å². The number of alkyl halides is 2. The molecule has 2 unspecified atom stereocenters. The number of sulfone groups is 1. The maximum absolute atomic E-state index is 12.8. The normalized spacial score (nSPS) is 18.9. The van der Waals surface area contributed by atoms with E-state index in [1.165, 1.54) is 17.0 Å². The predicted octanol–water partition coefficient (Wildman–Crippen LogP) is 3.94. The average molecular weight is 603 g/mol. The van der Waals surface area contributed by atoms with Crippen molar-refractivity contribution in [3.63, 3.8) is 0 Å². The van der Waals surface area contributed by atoms with Crippen LogP contribution in [0.25, 0.3) is 22.2 Å². The van der Waals surface area contributed by atoms with Crippen molar-refractivity contribution in [2.24, 2.45) is 0 Å². The van der Waals surface area contributed by atoms with Gasteiger partial charge in [-0.15, -0.1) is 0 Å². The maximum atomic E-state index is 12.8. The molecule has 0 aliphatic carbocycles. The molecule has 0 radical (unpaired) electrons. The number of piperazine rings is 1. The smallest absolute Gasteiger partial charge is 0.312 e. The summed E-state index contributed by atoms with van der Waals surface area (Å²) in [6.45, 7) is -0.499. The summed E-state index contributed by atoms with van der Waals surface area (Å²) in [7, 11) is -3.26. The van der Waals surface area contributed by atoms with Gasteiger partial charge in [-0.1, -0.05) is 12.1 Å². The maximum Gasteiger partial charge on any atom is 0.312 e. The Bertz CT molecular complexity index is 1870. The van der Waals surface area contributed by atoms with Gasteiger partial charge in [-0.05, 0) is 42.3 Å². The first-order valence-electron chi connectivity index (χ1n) is 13.6. The molecule has 0 amide bonds. The standard InChI is InChI=1S/C30H28F2N8O2S/c1-43(41,42)26-4-2-3-19(7-26)15-39-24-9-25(39)18-38(17-24)28-6-5-20(12-35-28)27-8-21(22(10-33)13-36-30(31)32)16-40-29(27)23(11-34)14-37-40/h2-8,10,12-14,16,24-25,30,33,36H,9,15,17-18H2,1H3/b22-13+,33-10?. The fraction of sp³-hybridized carbons (Fsp3) is 0.267. The highest BCUT2D eigenvalue weighted by molar-refractivity contribution is 7.90. The number of allylic oxidation sites excluding steroid dienone is 1. The molecule has 6 heterocycles. The molecule has 3 aliphatic rings. The van der Waals surface area contributed by atoms with Crippen LogP contribution in [0.1, 0.15) is 23.1 Å². The van der Waals surface area contributed by atoms with E-state index in [2.05, 4.69) is 21.0 Å². The number of pyridine rings is 2. The van der Waals surface area contributed by atoms with E-state index in [1.807, 2.05) is 23.5 Å². The van der Waals surface area contributed by atoms with Crippen molar-refractivity contribution in [3.05, 3.63) is 83.9 Å². The number of nitriles is 1. The minimum atomic E-state index is -3.26. The van der Waals surface area contributed by atoms with Gasteiger partial charge in [-0.3, -0.25) is 4.90 Å². The fourth-order valence-corrected chi connectivity index (χ4v) is 6.58. The number of aromatic nitrogens is 3. The van der Waals surface area contributed by atoms with Crippen LogP contribution in [0.15, 0.2) is 72.2 Å². The van der Waals surface area contributed by atoms with Gasteiger partial charge < -0.3 is 15.6 Å². The van der Waals surface area contributed by atoms with Gasteiger partial charge in [0.25, 0.3) is 0 Å². The molecular formula is C30H28F2N8O2S. The number of benzene rings is 1. The van der Waals surface area contributed by atoms with E-state index in [0.717, 1.165) is 43.3 Å². The van der Waals surface area contributed by atoms with Crippen LogP contribution in [0.3, 0.4) is 0 Å². The topological polar surface area (TPSA) is 130 Å². The van der Waals surface area contributed by atoms with Crippen molar-refractivity contribution in [3.8, 4) is 17.2 Å². The molecule has 2 N–H and O–H groups in total. The third-order valence-corrected chi connectivity index (χ3v) is 9.12. The average Bonchev–Trinajstić information content (AvgIpc) is 3.43. The number of rotatable bonds is 9. The highest BCUT2D eigenvalue weighted by atomic mass is 32.2. The molecule has 3 aliphatic heterocycles. The third-order valence-electron chi connectivity index (χ3n) is 8.00. The van der Waals surface area contributed by atoms with Crippen LogP contribution in [-0.2, 0) is 16.4 Å². The molecule has 4 aromatic rings. The van der Waals surface area contributed by atoms with Gasteiger partial charge in [0.05, 0.1) is 22.2 Å². The molecule has 0 spiro atoms. The lowest BCUT2D eigenvalue weighted by Crippen LogP contribution is -2.68. The number of hydrogen-bond acceptors (Lipinski definition) is 9. The van der Waals surface area contributed by atoms with Gasteiger partial charge in [0.15, 0.2) is 9.84 Å². The van der Waals surface area contributed by atoms with E-state index < -0.39 is 16.4 Å². The second-order valence-corrected chi connectivity index (χ2v) is 12.8. The summed E-state index contributed by atoms with van der Waals surface area (Å²) in [6.07, 6.45) is 9.11. The van der Waals surface area contributed by atoms with Crippen molar-refractivity contribution < 1.29 is 17.2 Å². The molecule has 7 rings (SSSR count). The largest absolute Gasteiger partial charge is 0.353 e. The first-order valence-corrected chi connectivity index (χ1v) is 15.5. The molecule has 43 heavy (non-hydrogen) atoms. The van der Waals surface area contributed by atoms with Crippen molar-refractivity contribution >= 4 is 33.0 Å². The van der Waals surface area contributed by atoms with Gasteiger partial charge in [0.2, 0.25) is 0 Å². The summed E-state index contributed by atoms with van der Waals surface area (Å²) in [5, 5.41) is 23.6. The van der Waals surface area contributed by atoms with Crippen LogP contribution in [0, 0.1) is 16.7 Å². The summed E-state index contributed by atoms with van der Waals surface area (Å²) < 4.78 is 51.0. The predicted molar refractivity (Wildman–Crippen MR) is 159 cm³/mol. The number of nitrogens with one attached hydrogen (secondary N) is 2. The number of hydrogen-bond donors (Lipinski definition) is 2. The quantitative estimate of drug-likeness (QED) is 0.218. The van der Waals surface area contributed by atoms with Crippen molar-refractivity contribution in [1.29, 1.82) is 10.7 Å². The van der Waals surface area contributed by atoms with E-state index in [4.69, 9.17) is 10.4 Å². The van der Waals surface area contributed by atoms with Crippen molar-refractivity contribution in [1.82, 2.24) is 24.8 Å². The highest BCUT2D eigenvalue weighted by Gasteiger charge is 2.44. The van der Waals surface area contributed by atoms with Crippen LogP contribution >= 0.6 is 0 Å². The molecule has 13 heteroatoms. The van der Waals surface area contributed by atoms with Crippen LogP contribution < -0.4 is 10.2 Å². The van der Waals surface area contributed by atoms with Crippen LogP contribution in [0.5, 0.6) is 0 Å². The van der Waals surface area contributed by atoms with Crippen LogP contribution in [0.2, 0.25) is 0 Å². The number of halogens is 2. The zero-order valence-electron chi connectivity index (χ0n) is 23.2. The van der Waals surface area contributed by atoms with E-state index in [-0.39, 0.29) is 5.57 Å². The fourth-order valence-electron chi connectivity index (χ4n) is 5.89. The Kier molecular flexibility index (Phi) is 7.41. The Labute approximate surface area is 247 Å². The Hall–Kier alpha value is -4.67. The van der Waals surface area contributed by atoms with Gasteiger partial charge >= 0.3 is 6.55 Å². The number of anilines is 1. The Morgan fingerprint density at radius 1 is 1.21 bits per heavy atom. The third kappa shape index (κ3) is 5.59. The monoisotopic (exact) mass is 602 g/mol. The second-order valence-electron chi connectivity index (χ2n) is 10.8. The minimum Gasteiger partial charge on any atom is -0.353 e. The SMILES string of the molecule is CS(=O)(=O)c1cccc(CN2C3CC2CN(c2ccc(-c4cc(/C(C=N)=C/NC(F)F)cn5ncc(C#N)c45)cn2)C3)c1. The molecule has 1 aromatic carbocycles. The van der Waals surface area contributed by atoms with Gasteiger partial charge in [0.1, 0.15) is 11.9 Å². The van der Waals surface area contributed by atoms with E-state index in [1.54, 1.807) is 36.7 Å². The molecule has 3 saturated heterocycles. The molecule has 0 saturated carbocycles. The lowest BCUT2D eigenvalue weighted by atomic mass is 9.86. The summed E-state index contributed by atoms with van der Waals surface area (Å²) in [5.74, 6) is 0.819. The van der Waals surface area contributed by atoms with E-state index >= 15 is 0 Å². The summed E-state index contributed by atoms with van der Waals surface area (Å²) in [6, 6.07) is 15.5. The van der Waals surface area contributed by atoms with Gasteiger partial charge in [-0.2, -0.15) is 19.1 Å². The summed E-state index contributed by atoms with van der Waals surface area (Å²) >= 11 is 0. The first-order chi connectivity index (χ1) is 20.6. The molecule has 2 atom stereocenters. The lowest BCUT2D eigenvalue weighted by Gasteiger charge is -2.56. The molecule has 10 nitrogen and oxygen atoms in total. The van der Waals surface area contributed by atoms with Gasteiger partial charge in [0, 0.05) is 85.0 Å². The number of piperidine rings is 1. The number of nitrogens with zero attached hydrogens (tertiary/aromatic N) is 6. The van der Waals surface area contributed by atoms with E-state index in [0.29, 0.717) is 51.3 Å². The zero-order valence-corrected chi connectivity index (χ0v) is 24.0. The minimum absolute atomic E-state index is 0.224. The van der Waals surface area contributed by atoms with Gasteiger partial charge in [-0.25, -0.2) is 17.9 Å². The van der Waals surface area contributed by atoms with E-state index in [9.17, 15) is 22.5 Å². The first kappa shape index (κ1) is 28.4. The number of fused-ring (bicyclic) bond motifs is 3. The Balaban J connectivity index is 1.23. The lowest BCUT2D eigenvalue weighted by molar-refractivity contribution is -0.00872. The molecular weight excluding hydrogens is 574 g/mol. The van der Waals surface area contributed by atoms with Crippen LogP contribution in [-0.4, -0.2) is 72.1 Å². The zero-order chi connectivity index (χ0) is 30.3. The van der Waals surface area contributed by atoms with Crippen molar-refractivity contribution in [2.75, 3.05) is 24.2 Å². The Morgan fingerprint density at radius 3 is 2.65 bits per heavy atom. The summed E-state index contributed by atoms with van der Waals surface area (Å²) in [4.78, 5) is 9.72.